The number of carbonyl (C=O) groups excluding carboxylic acids is 1. The Labute approximate surface area is 177 Å². The number of nitrogens with one attached hydrogen (secondary N) is 1. The zero-order valence-corrected chi connectivity index (χ0v) is 17.8. The van der Waals surface area contributed by atoms with E-state index in [0.29, 0.717) is 16.7 Å². The maximum Gasteiger partial charge on any atom is 0.234 e. The van der Waals surface area contributed by atoms with Crippen molar-refractivity contribution in [2.24, 2.45) is 7.05 Å². The van der Waals surface area contributed by atoms with Gasteiger partial charge in [0.25, 0.3) is 0 Å². The second-order valence-corrected chi connectivity index (χ2v) is 7.76. The summed E-state index contributed by atoms with van der Waals surface area (Å²) < 4.78 is 20.8. The number of amides is 1. The molecule has 3 aromatic rings. The van der Waals surface area contributed by atoms with Crippen LogP contribution in [0.15, 0.2) is 41.6 Å². The smallest absolute Gasteiger partial charge is 0.234 e. The number of rotatable bonds is 7. The summed E-state index contributed by atoms with van der Waals surface area (Å²) in [4.78, 5) is 12.1. The number of halogens is 2. The topological polar surface area (TPSA) is 69.0 Å². The van der Waals surface area contributed by atoms with Crippen molar-refractivity contribution in [3.05, 3.63) is 64.2 Å². The van der Waals surface area contributed by atoms with E-state index in [1.807, 2.05) is 39.1 Å². The fourth-order valence-corrected chi connectivity index (χ4v) is 3.43. The van der Waals surface area contributed by atoms with Crippen LogP contribution in [0.3, 0.4) is 0 Å². The normalized spacial score (nSPS) is 10.8. The van der Waals surface area contributed by atoms with E-state index in [1.165, 1.54) is 30.0 Å². The molecular formula is C20H20ClFN4O2S. The number of aryl methyl sites for hydroxylation is 1. The monoisotopic (exact) mass is 434 g/mol. The number of ether oxygens (including phenoxy) is 1. The van der Waals surface area contributed by atoms with Crippen LogP contribution in [0.2, 0.25) is 5.02 Å². The number of aromatic nitrogens is 3. The van der Waals surface area contributed by atoms with Crippen molar-refractivity contribution in [3.8, 4) is 5.75 Å². The maximum absolute atomic E-state index is 13.2. The summed E-state index contributed by atoms with van der Waals surface area (Å²) in [6.07, 6.45) is 0. The predicted molar refractivity (Wildman–Crippen MR) is 112 cm³/mol. The van der Waals surface area contributed by atoms with E-state index in [2.05, 4.69) is 15.5 Å². The zero-order chi connectivity index (χ0) is 21.0. The molecule has 0 aliphatic heterocycles. The summed E-state index contributed by atoms with van der Waals surface area (Å²) in [5, 5.41) is 11.5. The number of thioether (sulfide) groups is 1. The van der Waals surface area contributed by atoms with Crippen molar-refractivity contribution >= 4 is 35.0 Å². The SMILES string of the molecule is Cc1cccc(OCc2nnc(SCC(=O)Nc3ccc(F)c(Cl)c3)n2C)c1C. The zero-order valence-electron chi connectivity index (χ0n) is 16.2. The van der Waals surface area contributed by atoms with Crippen LogP contribution in [-0.2, 0) is 18.4 Å². The van der Waals surface area contributed by atoms with Crippen molar-refractivity contribution in [3.63, 3.8) is 0 Å². The van der Waals surface area contributed by atoms with Crippen LogP contribution in [0.5, 0.6) is 5.75 Å². The largest absolute Gasteiger partial charge is 0.485 e. The second kappa shape index (κ2) is 9.28. The van der Waals surface area contributed by atoms with Gasteiger partial charge in [-0.05, 0) is 49.2 Å². The van der Waals surface area contributed by atoms with Gasteiger partial charge in [-0.25, -0.2) is 4.39 Å². The molecular weight excluding hydrogens is 415 g/mol. The molecule has 0 atom stereocenters. The van der Waals surface area contributed by atoms with Gasteiger partial charge in [0.05, 0.1) is 10.8 Å². The third kappa shape index (κ3) is 5.27. The lowest BCUT2D eigenvalue weighted by Gasteiger charge is -2.10. The predicted octanol–water partition coefficient (Wildman–Crippen LogP) is 4.53. The van der Waals surface area contributed by atoms with Gasteiger partial charge in [-0.2, -0.15) is 0 Å². The number of nitrogens with zero attached hydrogens (tertiary/aromatic N) is 3. The minimum Gasteiger partial charge on any atom is -0.485 e. The van der Waals surface area contributed by atoms with E-state index < -0.39 is 5.82 Å². The summed E-state index contributed by atoms with van der Waals surface area (Å²) in [7, 11) is 1.82. The van der Waals surface area contributed by atoms with E-state index in [1.54, 1.807) is 4.57 Å². The molecule has 0 saturated heterocycles. The van der Waals surface area contributed by atoms with Crippen molar-refractivity contribution in [2.75, 3.05) is 11.1 Å². The molecule has 1 aromatic heterocycles. The minimum absolute atomic E-state index is 0.0442. The van der Waals surface area contributed by atoms with E-state index in [0.717, 1.165) is 16.9 Å². The lowest BCUT2D eigenvalue weighted by molar-refractivity contribution is -0.113. The Bertz CT molecular complexity index is 1040. The molecule has 0 aliphatic rings. The van der Waals surface area contributed by atoms with E-state index >= 15 is 0 Å². The van der Waals surface area contributed by atoms with Gasteiger partial charge in [-0.1, -0.05) is 35.5 Å². The molecule has 9 heteroatoms. The second-order valence-electron chi connectivity index (χ2n) is 6.41. The summed E-state index contributed by atoms with van der Waals surface area (Å²) in [6, 6.07) is 9.92. The van der Waals surface area contributed by atoms with Crippen LogP contribution in [0.4, 0.5) is 10.1 Å². The summed E-state index contributed by atoms with van der Waals surface area (Å²) in [5.74, 6) is 0.792. The fourth-order valence-electron chi connectivity index (χ4n) is 2.52. The van der Waals surface area contributed by atoms with Crippen molar-refractivity contribution in [1.29, 1.82) is 0 Å². The molecule has 0 fully saturated rings. The molecule has 152 valence electrons. The Morgan fingerprint density at radius 2 is 2.07 bits per heavy atom. The number of carbonyl (C=O) groups is 1. The summed E-state index contributed by atoms with van der Waals surface area (Å²) in [5.41, 5.74) is 2.68. The highest BCUT2D eigenvalue weighted by atomic mass is 35.5. The van der Waals surface area contributed by atoms with Crippen LogP contribution < -0.4 is 10.1 Å². The first-order valence-electron chi connectivity index (χ1n) is 8.80. The molecule has 1 N–H and O–H groups in total. The Morgan fingerprint density at radius 3 is 2.83 bits per heavy atom. The first kappa shape index (κ1) is 21.1. The fraction of sp³-hybridized carbons (Fsp3) is 0.250. The third-order valence-electron chi connectivity index (χ3n) is 4.37. The van der Waals surface area contributed by atoms with Crippen molar-refractivity contribution in [2.45, 2.75) is 25.6 Å². The van der Waals surface area contributed by atoms with Crippen molar-refractivity contribution < 1.29 is 13.9 Å². The highest BCUT2D eigenvalue weighted by Crippen LogP contribution is 2.23. The number of benzene rings is 2. The van der Waals surface area contributed by atoms with E-state index in [9.17, 15) is 9.18 Å². The van der Waals surface area contributed by atoms with Gasteiger partial charge in [-0.3, -0.25) is 4.79 Å². The number of hydrogen-bond acceptors (Lipinski definition) is 5. The van der Waals surface area contributed by atoms with Gasteiger partial charge in [0.15, 0.2) is 11.0 Å². The lowest BCUT2D eigenvalue weighted by Crippen LogP contribution is -2.14. The third-order valence-corrected chi connectivity index (χ3v) is 5.68. The Hall–Kier alpha value is -2.58. The Morgan fingerprint density at radius 1 is 1.28 bits per heavy atom. The molecule has 1 heterocycles. The highest BCUT2D eigenvalue weighted by Gasteiger charge is 2.13. The number of hydrogen-bond donors (Lipinski definition) is 1. The molecule has 0 aliphatic carbocycles. The molecule has 3 rings (SSSR count). The van der Waals surface area contributed by atoms with Gasteiger partial charge in [0.1, 0.15) is 18.2 Å². The molecule has 0 bridgehead atoms. The van der Waals surface area contributed by atoms with Crippen LogP contribution >= 0.6 is 23.4 Å². The first-order chi connectivity index (χ1) is 13.8. The molecule has 0 spiro atoms. The molecule has 6 nitrogen and oxygen atoms in total. The van der Waals surface area contributed by atoms with Crippen LogP contribution in [0, 0.1) is 19.7 Å². The van der Waals surface area contributed by atoms with Gasteiger partial charge >= 0.3 is 0 Å². The summed E-state index contributed by atoms with van der Waals surface area (Å²) >= 11 is 6.97. The quantitative estimate of drug-likeness (QED) is 0.553. The van der Waals surface area contributed by atoms with Gasteiger partial charge < -0.3 is 14.6 Å². The average Bonchev–Trinajstić information content (AvgIpc) is 3.04. The molecule has 1 amide bonds. The van der Waals surface area contributed by atoms with Gasteiger partial charge in [-0.15, -0.1) is 10.2 Å². The van der Waals surface area contributed by atoms with Crippen LogP contribution in [-0.4, -0.2) is 26.4 Å². The van der Waals surface area contributed by atoms with Crippen molar-refractivity contribution in [1.82, 2.24) is 14.8 Å². The van der Waals surface area contributed by atoms with E-state index in [4.69, 9.17) is 16.3 Å². The Balaban J connectivity index is 1.55. The minimum atomic E-state index is -0.534. The molecule has 0 saturated carbocycles. The standard InChI is InChI=1S/C20H20ClFN4O2S/c1-12-5-4-6-17(13(12)2)28-10-18-24-25-20(26(18)3)29-11-19(27)23-14-7-8-16(22)15(21)9-14/h4-9H,10-11H2,1-3H3,(H,23,27). The molecule has 2 aromatic carbocycles. The van der Waals surface area contributed by atoms with Gasteiger partial charge in [0, 0.05) is 12.7 Å². The van der Waals surface area contributed by atoms with Crippen LogP contribution in [0.1, 0.15) is 17.0 Å². The number of anilines is 1. The molecule has 0 unspecified atom stereocenters. The average molecular weight is 435 g/mol. The first-order valence-corrected chi connectivity index (χ1v) is 10.2. The Kier molecular flexibility index (Phi) is 6.76. The highest BCUT2D eigenvalue weighted by molar-refractivity contribution is 7.99. The molecule has 0 radical (unpaired) electrons. The van der Waals surface area contributed by atoms with E-state index in [-0.39, 0.29) is 23.3 Å². The van der Waals surface area contributed by atoms with Gasteiger partial charge in [0.2, 0.25) is 5.91 Å². The maximum atomic E-state index is 13.2. The lowest BCUT2D eigenvalue weighted by atomic mass is 10.1. The van der Waals surface area contributed by atoms with Crippen LogP contribution in [0.25, 0.3) is 0 Å². The molecule has 29 heavy (non-hydrogen) atoms. The summed E-state index contributed by atoms with van der Waals surface area (Å²) in [6.45, 7) is 4.31.